The first-order valence-electron chi connectivity index (χ1n) is 13.2. The molecule has 7 nitrogen and oxygen atoms in total. The van der Waals surface area contributed by atoms with Crippen LogP contribution in [0.3, 0.4) is 0 Å². The second-order valence-electron chi connectivity index (χ2n) is 9.54. The SMILES string of the molecule is O=C(NC(=S)Nc1ccc(N2CCN(C(=O)c3ccc(Cl)cc3)CC2)cc1)c1ccc(OCc2ccccc2)cc1. The number of carbonyl (C=O) groups is 2. The summed E-state index contributed by atoms with van der Waals surface area (Å²) in [6, 6.07) is 31.6. The van der Waals surface area contributed by atoms with Gasteiger partial charge in [0, 0.05) is 53.7 Å². The van der Waals surface area contributed by atoms with Gasteiger partial charge >= 0.3 is 0 Å². The maximum atomic E-state index is 12.8. The molecular formula is C32H29ClN4O3S. The average molecular weight is 585 g/mol. The number of nitrogens with one attached hydrogen (secondary N) is 2. The highest BCUT2D eigenvalue weighted by Crippen LogP contribution is 2.21. The Hall–Kier alpha value is -4.40. The van der Waals surface area contributed by atoms with Crippen molar-refractivity contribution in [2.75, 3.05) is 36.4 Å². The number of ether oxygens (including phenoxy) is 1. The number of hydrogen-bond acceptors (Lipinski definition) is 5. The summed E-state index contributed by atoms with van der Waals surface area (Å²) in [5.41, 5.74) is 4.01. The zero-order valence-corrected chi connectivity index (χ0v) is 23.8. The number of piperazine rings is 1. The van der Waals surface area contributed by atoms with E-state index in [1.54, 1.807) is 48.5 Å². The fourth-order valence-corrected chi connectivity index (χ4v) is 4.82. The summed E-state index contributed by atoms with van der Waals surface area (Å²) in [5, 5.41) is 6.60. The number of thiocarbonyl (C=S) groups is 1. The van der Waals surface area contributed by atoms with Gasteiger partial charge in [0.1, 0.15) is 12.4 Å². The molecule has 0 aromatic heterocycles. The number of rotatable bonds is 7. The fraction of sp³-hybridized carbons (Fsp3) is 0.156. The summed E-state index contributed by atoms with van der Waals surface area (Å²) in [6.07, 6.45) is 0. The van der Waals surface area contributed by atoms with Crippen LogP contribution < -0.4 is 20.3 Å². The zero-order valence-electron chi connectivity index (χ0n) is 22.3. The second-order valence-corrected chi connectivity index (χ2v) is 10.4. The van der Waals surface area contributed by atoms with E-state index in [-0.39, 0.29) is 16.9 Å². The average Bonchev–Trinajstić information content (AvgIpc) is 3.01. The van der Waals surface area contributed by atoms with Crippen LogP contribution in [-0.4, -0.2) is 48.0 Å². The molecule has 2 N–H and O–H groups in total. The Kier molecular flexibility index (Phi) is 9.13. The summed E-state index contributed by atoms with van der Waals surface area (Å²) in [4.78, 5) is 29.5. The van der Waals surface area contributed by atoms with Gasteiger partial charge in [-0.1, -0.05) is 41.9 Å². The van der Waals surface area contributed by atoms with Crippen molar-refractivity contribution < 1.29 is 14.3 Å². The van der Waals surface area contributed by atoms with E-state index in [4.69, 9.17) is 28.6 Å². The monoisotopic (exact) mass is 584 g/mol. The van der Waals surface area contributed by atoms with E-state index in [2.05, 4.69) is 15.5 Å². The van der Waals surface area contributed by atoms with Gasteiger partial charge in [0.05, 0.1) is 0 Å². The number of benzene rings is 4. The number of anilines is 2. The van der Waals surface area contributed by atoms with Crippen LogP contribution in [0.5, 0.6) is 5.75 Å². The molecule has 0 spiro atoms. The van der Waals surface area contributed by atoms with Crippen molar-refractivity contribution in [3.8, 4) is 5.75 Å². The molecule has 9 heteroatoms. The lowest BCUT2D eigenvalue weighted by Crippen LogP contribution is -2.48. The van der Waals surface area contributed by atoms with Gasteiger partial charge in [-0.3, -0.25) is 14.9 Å². The Morgan fingerprint density at radius 3 is 2.07 bits per heavy atom. The van der Waals surface area contributed by atoms with E-state index < -0.39 is 0 Å². The molecule has 1 fully saturated rings. The third-order valence-electron chi connectivity index (χ3n) is 6.74. The second kappa shape index (κ2) is 13.3. The van der Waals surface area contributed by atoms with Crippen molar-refractivity contribution in [2.24, 2.45) is 0 Å². The number of hydrogen-bond donors (Lipinski definition) is 2. The van der Waals surface area contributed by atoms with Crippen molar-refractivity contribution in [3.63, 3.8) is 0 Å². The molecule has 0 aliphatic carbocycles. The topological polar surface area (TPSA) is 73.9 Å². The predicted molar refractivity (Wildman–Crippen MR) is 167 cm³/mol. The van der Waals surface area contributed by atoms with Crippen LogP contribution in [0.1, 0.15) is 26.3 Å². The van der Waals surface area contributed by atoms with Crippen molar-refractivity contribution in [1.82, 2.24) is 10.2 Å². The summed E-state index contributed by atoms with van der Waals surface area (Å²) < 4.78 is 5.78. The Morgan fingerprint density at radius 2 is 1.41 bits per heavy atom. The minimum Gasteiger partial charge on any atom is -0.489 e. The van der Waals surface area contributed by atoms with E-state index in [0.717, 1.165) is 30.0 Å². The molecule has 208 valence electrons. The van der Waals surface area contributed by atoms with Crippen molar-refractivity contribution in [2.45, 2.75) is 6.61 Å². The molecule has 41 heavy (non-hydrogen) atoms. The van der Waals surface area contributed by atoms with Gasteiger partial charge in [-0.05, 0) is 90.6 Å². The van der Waals surface area contributed by atoms with Crippen LogP contribution in [0, 0.1) is 0 Å². The molecule has 2 amide bonds. The van der Waals surface area contributed by atoms with Gasteiger partial charge < -0.3 is 19.9 Å². The summed E-state index contributed by atoms with van der Waals surface area (Å²) in [6.45, 7) is 3.20. The first-order valence-corrected chi connectivity index (χ1v) is 14.0. The molecular weight excluding hydrogens is 556 g/mol. The fourth-order valence-electron chi connectivity index (χ4n) is 4.48. The first kappa shape index (κ1) is 28.1. The lowest BCUT2D eigenvalue weighted by Gasteiger charge is -2.36. The molecule has 0 radical (unpaired) electrons. The third-order valence-corrected chi connectivity index (χ3v) is 7.20. The van der Waals surface area contributed by atoms with Crippen molar-refractivity contribution >= 4 is 52.1 Å². The Bertz CT molecular complexity index is 1490. The maximum absolute atomic E-state index is 12.8. The molecule has 1 aliphatic rings. The zero-order chi connectivity index (χ0) is 28.6. The molecule has 4 aromatic carbocycles. The molecule has 1 saturated heterocycles. The van der Waals surface area contributed by atoms with E-state index >= 15 is 0 Å². The van der Waals surface area contributed by atoms with Crippen LogP contribution in [0.4, 0.5) is 11.4 Å². The molecule has 4 aromatic rings. The van der Waals surface area contributed by atoms with Gasteiger partial charge in [-0.2, -0.15) is 0 Å². The van der Waals surface area contributed by atoms with E-state index in [1.807, 2.05) is 59.5 Å². The van der Waals surface area contributed by atoms with Gasteiger partial charge in [0.2, 0.25) is 0 Å². The highest BCUT2D eigenvalue weighted by atomic mass is 35.5. The third kappa shape index (κ3) is 7.63. The predicted octanol–water partition coefficient (Wildman–Crippen LogP) is 6.01. The molecule has 0 unspecified atom stereocenters. The molecule has 0 bridgehead atoms. The minimum atomic E-state index is -0.306. The Morgan fingerprint density at radius 1 is 0.780 bits per heavy atom. The number of halogens is 1. The number of carbonyl (C=O) groups excluding carboxylic acids is 2. The molecule has 5 rings (SSSR count). The quantitative estimate of drug-likeness (QED) is 0.259. The highest BCUT2D eigenvalue weighted by Gasteiger charge is 2.22. The summed E-state index contributed by atoms with van der Waals surface area (Å²) >= 11 is 11.3. The number of nitrogens with zero attached hydrogens (tertiary/aromatic N) is 2. The minimum absolute atomic E-state index is 0.0174. The normalized spacial score (nSPS) is 12.9. The highest BCUT2D eigenvalue weighted by molar-refractivity contribution is 7.80. The molecule has 0 atom stereocenters. The van der Waals surface area contributed by atoms with Crippen LogP contribution in [-0.2, 0) is 6.61 Å². The van der Waals surface area contributed by atoms with Crippen LogP contribution in [0.25, 0.3) is 0 Å². The van der Waals surface area contributed by atoms with Gasteiger partial charge in [0.25, 0.3) is 11.8 Å². The lowest BCUT2D eigenvalue weighted by molar-refractivity contribution is 0.0746. The van der Waals surface area contributed by atoms with Gasteiger partial charge in [-0.15, -0.1) is 0 Å². The van der Waals surface area contributed by atoms with E-state index in [9.17, 15) is 9.59 Å². The summed E-state index contributed by atoms with van der Waals surface area (Å²) in [7, 11) is 0. The standard InChI is InChI=1S/C32H29ClN4O3S/c33-26-10-6-25(7-11-26)31(39)37-20-18-36(19-21-37)28-14-12-27(13-15-28)34-32(41)35-30(38)24-8-16-29(17-9-24)40-22-23-4-2-1-3-5-23/h1-17H,18-22H2,(H2,34,35,38,41). The largest absolute Gasteiger partial charge is 0.489 e. The lowest BCUT2D eigenvalue weighted by atomic mass is 10.1. The van der Waals surface area contributed by atoms with E-state index in [1.165, 1.54) is 0 Å². The molecule has 0 saturated carbocycles. The molecule has 1 aliphatic heterocycles. The first-order chi connectivity index (χ1) is 19.9. The smallest absolute Gasteiger partial charge is 0.257 e. The Labute approximate surface area is 249 Å². The van der Waals surface area contributed by atoms with Gasteiger partial charge in [-0.25, -0.2) is 0 Å². The van der Waals surface area contributed by atoms with E-state index in [0.29, 0.717) is 41.6 Å². The van der Waals surface area contributed by atoms with Crippen LogP contribution >= 0.6 is 23.8 Å². The Balaban J connectivity index is 1.07. The van der Waals surface area contributed by atoms with Gasteiger partial charge in [0.15, 0.2) is 5.11 Å². The van der Waals surface area contributed by atoms with Crippen LogP contribution in [0.15, 0.2) is 103 Å². The number of amides is 2. The molecule has 1 heterocycles. The summed E-state index contributed by atoms with van der Waals surface area (Å²) in [5.74, 6) is 0.393. The van der Waals surface area contributed by atoms with Crippen molar-refractivity contribution in [3.05, 3.63) is 125 Å². The van der Waals surface area contributed by atoms with Crippen molar-refractivity contribution in [1.29, 1.82) is 0 Å². The maximum Gasteiger partial charge on any atom is 0.257 e. The van der Waals surface area contributed by atoms with Crippen LogP contribution in [0.2, 0.25) is 5.02 Å².